The average molecular weight is 247 g/mol. The lowest BCUT2D eigenvalue weighted by molar-refractivity contribution is 0.114. The fourth-order valence-electron chi connectivity index (χ4n) is 1.41. The number of ether oxygens (including phenoxy) is 1. The van der Waals surface area contributed by atoms with E-state index in [4.69, 9.17) is 4.74 Å². The highest BCUT2D eigenvalue weighted by molar-refractivity contribution is 9.10. The van der Waals surface area contributed by atoms with Crippen LogP contribution in [0.25, 0.3) is 0 Å². The van der Waals surface area contributed by atoms with E-state index < -0.39 is 6.10 Å². The molecule has 0 bridgehead atoms. The molecule has 0 radical (unpaired) electrons. The molecule has 1 aliphatic heterocycles. The standard InChI is InChI=1S/C9H8BrFO2/c10-7-4-5(11)3-6-8(12)1-2-13-9(6)7/h3-4,8,12H,1-2H2/t8-/m0/s1. The number of rotatable bonds is 0. The molecule has 1 aromatic rings. The molecule has 0 unspecified atom stereocenters. The Balaban J connectivity index is 2.56. The molecule has 1 atom stereocenters. The maximum Gasteiger partial charge on any atom is 0.139 e. The van der Waals surface area contributed by atoms with Gasteiger partial charge in [-0.2, -0.15) is 0 Å². The fourth-order valence-corrected chi connectivity index (χ4v) is 1.97. The zero-order valence-corrected chi connectivity index (χ0v) is 8.34. The van der Waals surface area contributed by atoms with E-state index in [1.165, 1.54) is 12.1 Å². The Kier molecular flexibility index (Phi) is 2.26. The normalized spacial score (nSPS) is 20.7. The smallest absolute Gasteiger partial charge is 0.139 e. The van der Waals surface area contributed by atoms with Gasteiger partial charge in [0, 0.05) is 12.0 Å². The van der Waals surface area contributed by atoms with Gasteiger partial charge in [-0.3, -0.25) is 0 Å². The predicted octanol–water partition coefficient (Wildman–Crippen LogP) is 2.40. The molecule has 70 valence electrons. The first-order valence-electron chi connectivity index (χ1n) is 3.98. The molecule has 1 heterocycles. The number of hydrogen-bond donors (Lipinski definition) is 1. The van der Waals surface area contributed by atoms with E-state index in [0.29, 0.717) is 28.8 Å². The maximum atomic E-state index is 12.9. The quantitative estimate of drug-likeness (QED) is 0.762. The SMILES string of the molecule is O[C@H]1CCOc2c(Br)cc(F)cc21. The van der Waals surface area contributed by atoms with Gasteiger partial charge in [-0.05, 0) is 28.1 Å². The van der Waals surface area contributed by atoms with Crippen LogP contribution < -0.4 is 4.74 Å². The Morgan fingerprint density at radius 2 is 2.31 bits per heavy atom. The van der Waals surface area contributed by atoms with Gasteiger partial charge in [-0.1, -0.05) is 0 Å². The summed E-state index contributed by atoms with van der Waals surface area (Å²) in [5.74, 6) is 0.190. The van der Waals surface area contributed by atoms with E-state index in [1.807, 2.05) is 0 Å². The van der Waals surface area contributed by atoms with Crippen molar-refractivity contribution in [3.8, 4) is 5.75 Å². The predicted molar refractivity (Wildman–Crippen MR) is 49.2 cm³/mol. The van der Waals surface area contributed by atoms with Gasteiger partial charge in [0.1, 0.15) is 11.6 Å². The van der Waals surface area contributed by atoms with Crippen molar-refractivity contribution in [1.29, 1.82) is 0 Å². The van der Waals surface area contributed by atoms with Crippen LogP contribution in [0.15, 0.2) is 16.6 Å². The molecular weight excluding hydrogens is 239 g/mol. The van der Waals surface area contributed by atoms with Crippen molar-refractivity contribution in [1.82, 2.24) is 0 Å². The van der Waals surface area contributed by atoms with Crippen molar-refractivity contribution in [2.45, 2.75) is 12.5 Å². The van der Waals surface area contributed by atoms with E-state index >= 15 is 0 Å². The zero-order chi connectivity index (χ0) is 9.42. The van der Waals surface area contributed by atoms with Crippen molar-refractivity contribution >= 4 is 15.9 Å². The van der Waals surface area contributed by atoms with Crippen LogP contribution in [0.5, 0.6) is 5.75 Å². The summed E-state index contributed by atoms with van der Waals surface area (Å²) in [5.41, 5.74) is 0.526. The molecule has 0 fully saturated rings. The van der Waals surface area contributed by atoms with Crippen LogP contribution in [0.3, 0.4) is 0 Å². The van der Waals surface area contributed by atoms with E-state index in [2.05, 4.69) is 15.9 Å². The maximum absolute atomic E-state index is 12.9. The second-order valence-electron chi connectivity index (χ2n) is 2.96. The van der Waals surface area contributed by atoms with Gasteiger partial charge in [-0.15, -0.1) is 0 Å². The third kappa shape index (κ3) is 1.56. The molecule has 0 amide bonds. The first-order valence-corrected chi connectivity index (χ1v) is 4.77. The lowest BCUT2D eigenvalue weighted by Gasteiger charge is -2.22. The highest BCUT2D eigenvalue weighted by Gasteiger charge is 2.22. The summed E-state index contributed by atoms with van der Waals surface area (Å²) < 4.78 is 18.8. The van der Waals surface area contributed by atoms with Crippen LogP contribution in [-0.2, 0) is 0 Å². The third-order valence-corrected chi connectivity index (χ3v) is 2.62. The molecule has 1 N–H and O–H groups in total. The van der Waals surface area contributed by atoms with Gasteiger partial charge in [0.15, 0.2) is 0 Å². The summed E-state index contributed by atoms with van der Waals surface area (Å²) >= 11 is 3.18. The number of halogens is 2. The Bertz CT molecular complexity index is 341. The third-order valence-electron chi connectivity index (χ3n) is 2.03. The van der Waals surface area contributed by atoms with Crippen LogP contribution in [0.1, 0.15) is 18.1 Å². The molecule has 13 heavy (non-hydrogen) atoms. The molecule has 0 saturated carbocycles. The molecule has 0 saturated heterocycles. The first-order chi connectivity index (χ1) is 6.18. The van der Waals surface area contributed by atoms with Gasteiger partial charge in [0.25, 0.3) is 0 Å². The first kappa shape index (κ1) is 8.97. The molecule has 1 aliphatic rings. The molecule has 2 nitrogen and oxygen atoms in total. The Morgan fingerprint density at radius 1 is 1.54 bits per heavy atom. The Labute approximate surface area is 83.5 Å². The minimum atomic E-state index is -0.615. The van der Waals surface area contributed by atoms with Crippen molar-refractivity contribution in [2.24, 2.45) is 0 Å². The van der Waals surface area contributed by atoms with Crippen molar-refractivity contribution in [3.63, 3.8) is 0 Å². The number of benzene rings is 1. The summed E-state index contributed by atoms with van der Waals surface area (Å²) in [6, 6.07) is 2.64. The zero-order valence-electron chi connectivity index (χ0n) is 6.76. The van der Waals surface area contributed by atoms with Gasteiger partial charge in [0.2, 0.25) is 0 Å². The lowest BCUT2D eigenvalue weighted by atomic mass is 10.0. The molecule has 0 spiro atoms. The van der Waals surface area contributed by atoms with Crippen LogP contribution in [0.2, 0.25) is 0 Å². The van der Waals surface area contributed by atoms with Gasteiger partial charge in [-0.25, -0.2) is 4.39 Å². The fraction of sp³-hybridized carbons (Fsp3) is 0.333. The lowest BCUT2D eigenvalue weighted by Crippen LogP contribution is -2.14. The molecule has 2 rings (SSSR count). The summed E-state index contributed by atoms with van der Waals surface area (Å²) in [4.78, 5) is 0. The minimum Gasteiger partial charge on any atom is -0.492 e. The summed E-state index contributed by atoms with van der Waals surface area (Å²) in [5, 5.41) is 9.54. The largest absolute Gasteiger partial charge is 0.492 e. The molecule has 0 aliphatic carbocycles. The number of fused-ring (bicyclic) bond motifs is 1. The van der Waals surface area contributed by atoms with E-state index in [1.54, 1.807) is 0 Å². The monoisotopic (exact) mass is 246 g/mol. The van der Waals surface area contributed by atoms with Crippen molar-refractivity contribution in [2.75, 3.05) is 6.61 Å². The van der Waals surface area contributed by atoms with Crippen LogP contribution in [-0.4, -0.2) is 11.7 Å². The Hall–Kier alpha value is -0.610. The molecular formula is C9H8BrFO2. The van der Waals surface area contributed by atoms with Crippen LogP contribution in [0, 0.1) is 5.82 Å². The number of aliphatic hydroxyl groups is 1. The number of aliphatic hydroxyl groups excluding tert-OH is 1. The second kappa shape index (κ2) is 3.27. The topological polar surface area (TPSA) is 29.5 Å². The summed E-state index contributed by atoms with van der Waals surface area (Å²) in [6.45, 7) is 0.471. The van der Waals surface area contributed by atoms with Gasteiger partial charge < -0.3 is 9.84 Å². The van der Waals surface area contributed by atoms with Crippen LogP contribution in [0.4, 0.5) is 4.39 Å². The number of hydrogen-bond acceptors (Lipinski definition) is 2. The molecule has 4 heteroatoms. The van der Waals surface area contributed by atoms with E-state index in [9.17, 15) is 9.50 Å². The molecule has 0 aromatic heterocycles. The average Bonchev–Trinajstić information content (AvgIpc) is 2.07. The summed E-state index contributed by atoms with van der Waals surface area (Å²) in [7, 11) is 0. The van der Waals surface area contributed by atoms with E-state index in [0.717, 1.165) is 0 Å². The molecule has 1 aromatic carbocycles. The van der Waals surface area contributed by atoms with Crippen molar-refractivity contribution in [3.05, 3.63) is 28.0 Å². The highest BCUT2D eigenvalue weighted by Crippen LogP contribution is 2.38. The van der Waals surface area contributed by atoms with Gasteiger partial charge in [0.05, 0.1) is 17.2 Å². The van der Waals surface area contributed by atoms with E-state index in [-0.39, 0.29) is 5.82 Å². The highest BCUT2D eigenvalue weighted by atomic mass is 79.9. The second-order valence-corrected chi connectivity index (χ2v) is 3.81. The van der Waals surface area contributed by atoms with Crippen LogP contribution >= 0.6 is 15.9 Å². The van der Waals surface area contributed by atoms with Crippen molar-refractivity contribution < 1.29 is 14.2 Å². The summed E-state index contributed by atoms with van der Waals surface area (Å²) in [6.07, 6.45) is -0.0983. The minimum absolute atomic E-state index is 0.366. The Morgan fingerprint density at radius 3 is 3.08 bits per heavy atom. The van der Waals surface area contributed by atoms with Gasteiger partial charge >= 0.3 is 0 Å².